The third-order valence-corrected chi connectivity index (χ3v) is 3.19. The molecule has 0 aromatic carbocycles. The van der Waals surface area contributed by atoms with Gasteiger partial charge in [0.1, 0.15) is 6.10 Å². The molecule has 1 aliphatic heterocycles. The van der Waals surface area contributed by atoms with E-state index in [1.165, 1.54) is 0 Å². The van der Waals surface area contributed by atoms with Gasteiger partial charge in [0.2, 0.25) is 0 Å². The molecule has 0 saturated heterocycles. The maximum absolute atomic E-state index is 11.0. The molecular formula is C16H21NO2. The van der Waals surface area contributed by atoms with E-state index in [0.29, 0.717) is 0 Å². The molecule has 2 unspecified atom stereocenters. The van der Waals surface area contributed by atoms with E-state index in [1.807, 2.05) is 46.0 Å². The van der Waals surface area contributed by atoms with Gasteiger partial charge < -0.3 is 10.1 Å². The molecule has 2 aliphatic rings. The monoisotopic (exact) mass is 259 g/mol. The molecule has 0 aromatic heterocycles. The number of nitrogens with one attached hydrogen (secondary N) is 1. The first-order chi connectivity index (χ1) is 8.89. The van der Waals surface area contributed by atoms with E-state index >= 15 is 0 Å². The smallest absolute Gasteiger partial charge is 0.331 e. The molecule has 0 spiro atoms. The Balaban J connectivity index is 0.000000224. The zero-order valence-electron chi connectivity index (χ0n) is 11.9. The highest BCUT2D eigenvalue weighted by molar-refractivity contribution is 5.84. The highest BCUT2D eigenvalue weighted by Crippen LogP contribution is 2.27. The summed E-state index contributed by atoms with van der Waals surface area (Å²) in [5.41, 5.74) is 0.942. The van der Waals surface area contributed by atoms with E-state index in [0.717, 1.165) is 5.57 Å². The van der Waals surface area contributed by atoms with Crippen LogP contribution in [-0.2, 0) is 9.53 Å². The van der Waals surface area contributed by atoms with Gasteiger partial charge in [-0.3, -0.25) is 0 Å². The van der Waals surface area contributed by atoms with E-state index in [4.69, 9.17) is 11.2 Å². The predicted molar refractivity (Wildman–Crippen MR) is 77.4 cm³/mol. The number of esters is 1. The third-order valence-electron chi connectivity index (χ3n) is 3.19. The molecular weight excluding hydrogens is 238 g/mol. The quantitative estimate of drug-likeness (QED) is 0.579. The predicted octanol–water partition coefficient (Wildman–Crippen LogP) is 2.22. The Morgan fingerprint density at radius 3 is 2.53 bits per heavy atom. The fraction of sp³-hybridized carbons (Fsp3) is 0.438. The molecule has 0 fully saturated rings. The second-order valence-electron chi connectivity index (χ2n) is 5.10. The summed E-state index contributed by atoms with van der Waals surface area (Å²) in [6, 6.07) is 0. The van der Waals surface area contributed by atoms with Crippen LogP contribution in [0.5, 0.6) is 0 Å². The van der Waals surface area contributed by atoms with Crippen LogP contribution in [0.25, 0.3) is 0 Å². The maximum Gasteiger partial charge on any atom is 0.331 e. The number of carbonyl (C=O) groups is 1. The van der Waals surface area contributed by atoms with Crippen molar-refractivity contribution in [1.82, 2.24) is 5.32 Å². The van der Waals surface area contributed by atoms with Gasteiger partial charge in [0.15, 0.2) is 0 Å². The van der Waals surface area contributed by atoms with Crippen molar-refractivity contribution in [3.05, 3.63) is 36.0 Å². The van der Waals surface area contributed by atoms with Crippen molar-refractivity contribution in [2.24, 2.45) is 5.92 Å². The van der Waals surface area contributed by atoms with Gasteiger partial charge in [-0.2, -0.15) is 0 Å². The summed E-state index contributed by atoms with van der Waals surface area (Å²) in [4.78, 5) is 11.0. The average Bonchev–Trinajstić information content (AvgIpc) is 2.39. The Bertz CT molecular complexity index is 464. The molecule has 102 valence electrons. The Hall–Kier alpha value is -1.79. The molecule has 0 saturated carbocycles. The summed E-state index contributed by atoms with van der Waals surface area (Å²) in [5, 5.41) is 2.95. The topological polar surface area (TPSA) is 38.3 Å². The van der Waals surface area contributed by atoms with Gasteiger partial charge >= 0.3 is 5.97 Å². The Labute approximate surface area is 115 Å². The minimum absolute atomic E-state index is 0.0764. The van der Waals surface area contributed by atoms with Gasteiger partial charge in [-0.15, -0.1) is 6.42 Å². The van der Waals surface area contributed by atoms with Crippen molar-refractivity contribution < 1.29 is 9.53 Å². The van der Waals surface area contributed by atoms with Crippen LogP contribution in [-0.4, -0.2) is 24.7 Å². The van der Waals surface area contributed by atoms with Crippen LogP contribution in [0.4, 0.5) is 0 Å². The van der Waals surface area contributed by atoms with Crippen molar-refractivity contribution in [2.75, 3.05) is 7.05 Å². The minimum atomic E-state index is -0.228. The molecule has 1 N–H and O–H groups in total. The maximum atomic E-state index is 11.0. The Morgan fingerprint density at radius 1 is 1.37 bits per heavy atom. The average molecular weight is 259 g/mol. The van der Waals surface area contributed by atoms with E-state index in [-0.39, 0.29) is 23.5 Å². The van der Waals surface area contributed by atoms with Crippen molar-refractivity contribution in [1.29, 1.82) is 0 Å². The van der Waals surface area contributed by atoms with Gasteiger partial charge in [0.05, 0.1) is 5.54 Å². The number of rotatable bonds is 1. The zero-order chi connectivity index (χ0) is 14.5. The van der Waals surface area contributed by atoms with Crippen LogP contribution in [0.3, 0.4) is 0 Å². The highest BCUT2D eigenvalue weighted by atomic mass is 16.5. The lowest BCUT2D eigenvalue weighted by Gasteiger charge is -2.27. The van der Waals surface area contributed by atoms with Crippen LogP contribution in [0.1, 0.15) is 20.8 Å². The van der Waals surface area contributed by atoms with Gasteiger partial charge in [-0.05, 0) is 33.9 Å². The standard InChI is InChI=1S/C10H10O2.C6H11N/c1-7-6-10(11)12-9-5-3-2-4-8(7)9;1-5-6(2,3)7-4/h2-6,8-9H,1H3;1,7H,2-4H3. The normalized spacial score (nSPS) is 24.4. The zero-order valence-corrected chi connectivity index (χ0v) is 11.9. The first-order valence-corrected chi connectivity index (χ1v) is 6.30. The fourth-order valence-corrected chi connectivity index (χ4v) is 1.63. The van der Waals surface area contributed by atoms with Crippen molar-refractivity contribution in [3.8, 4) is 12.3 Å². The van der Waals surface area contributed by atoms with Crippen LogP contribution in [0, 0.1) is 18.3 Å². The third kappa shape index (κ3) is 4.42. The molecule has 19 heavy (non-hydrogen) atoms. The summed E-state index contributed by atoms with van der Waals surface area (Å²) in [6.07, 6.45) is 14.5. The Morgan fingerprint density at radius 2 is 2.00 bits per heavy atom. The largest absolute Gasteiger partial charge is 0.454 e. The molecule has 3 nitrogen and oxygen atoms in total. The van der Waals surface area contributed by atoms with Crippen LogP contribution in [0.15, 0.2) is 36.0 Å². The van der Waals surface area contributed by atoms with Crippen LogP contribution < -0.4 is 5.32 Å². The lowest BCUT2D eigenvalue weighted by molar-refractivity contribution is -0.143. The lowest BCUT2D eigenvalue weighted by atomic mass is 9.89. The molecule has 1 aliphatic carbocycles. The van der Waals surface area contributed by atoms with Gasteiger partial charge in [-0.1, -0.05) is 29.7 Å². The molecule has 3 heteroatoms. The number of hydrogen-bond donors (Lipinski definition) is 1. The SMILES string of the molecule is C#CC(C)(C)NC.CC1=CC(=O)OC2C=CC=CC12. The number of hydrogen-bond acceptors (Lipinski definition) is 3. The molecule has 2 atom stereocenters. The Kier molecular flexibility index (Phi) is 5.14. The van der Waals surface area contributed by atoms with E-state index in [2.05, 4.69) is 17.3 Å². The molecule has 2 rings (SSSR count). The molecule has 0 bridgehead atoms. The number of allylic oxidation sites excluding steroid dienone is 2. The van der Waals surface area contributed by atoms with E-state index in [9.17, 15) is 4.79 Å². The molecule has 1 heterocycles. The number of ether oxygens (including phenoxy) is 1. The molecule has 0 amide bonds. The first kappa shape index (κ1) is 15.3. The first-order valence-electron chi connectivity index (χ1n) is 6.30. The summed E-state index contributed by atoms with van der Waals surface area (Å²) >= 11 is 0. The number of fused-ring (bicyclic) bond motifs is 1. The van der Waals surface area contributed by atoms with E-state index in [1.54, 1.807) is 6.08 Å². The van der Waals surface area contributed by atoms with E-state index < -0.39 is 0 Å². The molecule has 0 aromatic rings. The lowest BCUT2D eigenvalue weighted by Crippen LogP contribution is -2.33. The van der Waals surface area contributed by atoms with Crippen molar-refractivity contribution >= 4 is 5.97 Å². The van der Waals surface area contributed by atoms with Crippen molar-refractivity contribution in [3.63, 3.8) is 0 Å². The number of terminal acetylenes is 1. The minimum Gasteiger partial charge on any atom is -0.454 e. The number of carbonyl (C=O) groups excluding carboxylic acids is 1. The van der Waals surface area contributed by atoms with Crippen LogP contribution >= 0.6 is 0 Å². The van der Waals surface area contributed by atoms with Gasteiger partial charge in [0, 0.05) is 12.0 Å². The van der Waals surface area contributed by atoms with Gasteiger partial charge in [0.25, 0.3) is 0 Å². The molecule has 0 radical (unpaired) electrons. The second kappa shape index (κ2) is 6.40. The highest BCUT2D eigenvalue weighted by Gasteiger charge is 2.27. The second-order valence-corrected chi connectivity index (χ2v) is 5.10. The summed E-state index contributed by atoms with van der Waals surface area (Å²) in [7, 11) is 1.85. The fourth-order valence-electron chi connectivity index (χ4n) is 1.63. The summed E-state index contributed by atoms with van der Waals surface area (Å²) in [6.45, 7) is 5.86. The van der Waals surface area contributed by atoms with Gasteiger partial charge in [-0.25, -0.2) is 4.79 Å². The summed E-state index contributed by atoms with van der Waals surface area (Å²) < 4.78 is 5.11. The van der Waals surface area contributed by atoms with Crippen molar-refractivity contribution in [2.45, 2.75) is 32.4 Å². The summed E-state index contributed by atoms with van der Waals surface area (Å²) in [5.74, 6) is 2.61. The van der Waals surface area contributed by atoms with Crippen LogP contribution in [0.2, 0.25) is 0 Å².